The summed E-state index contributed by atoms with van der Waals surface area (Å²) in [4.78, 5) is 48.5. The van der Waals surface area contributed by atoms with Crippen LogP contribution < -0.4 is 5.32 Å². The third-order valence-corrected chi connectivity index (χ3v) is 3.69. The van der Waals surface area contributed by atoms with Gasteiger partial charge in [-0.2, -0.15) is 0 Å². The SMILES string of the molecule is CC1CC(C(=O)O)CCN1C(=O)N1CC(=O)NC(=O)C1. The highest BCUT2D eigenvalue weighted by Crippen LogP contribution is 2.24. The first-order valence-corrected chi connectivity index (χ1v) is 6.49. The van der Waals surface area contributed by atoms with Crippen molar-refractivity contribution in [2.45, 2.75) is 25.8 Å². The normalized spacial score (nSPS) is 27.2. The summed E-state index contributed by atoms with van der Waals surface area (Å²) in [5.74, 6) is -2.29. The summed E-state index contributed by atoms with van der Waals surface area (Å²) in [6.45, 7) is 1.81. The lowest BCUT2D eigenvalue weighted by Gasteiger charge is -2.39. The highest BCUT2D eigenvalue weighted by atomic mass is 16.4. The van der Waals surface area contributed by atoms with Crippen LogP contribution in [0.3, 0.4) is 0 Å². The molecule has 2 saturated heterocycles. The van der Waals surface area contributed by atoms with Crippen molar-refractivity contribution in [2.75, 3.05) is 19.6 Å². The molecule has 2 unspecified atom stereocenters. The molecule has 2 N–H and O–H groups in total. The fraction of sp³-hybridized carbons (Fsp3) is 0.667. The molecule has 110 valence electrons. The van der Waals surface area contributed by atoms with Crippen LogP contribution in [0.4, 0.5) is 4.79 Å². The van der Waals surface area contributed by atoms with Crippen LogP contribution in [0.2, 0.25) is 0 Å². The molecule has 8 nitrogen and oxygen atoms in total. The monoisotopic (exact) mass is 283 g/mol. The lowest BCUT2D eigenvalue weighted by molar-refractivity contribution is -0.143. The van der Waals surface area contributed by atoms with Gasteiger partial charge in [0.1, 0.15) is 13.1 Å². The number of piperazine rings is 1. The van der Waals surface area contributed by atoms with E-state index in [9.17, 15) is 19.2 Å². The number of piperidine rings is 1. The molecular weight excluding hydrogens is 266 g/mol. The van der Waals surface area contributed by atoms with Crippen LogP contribution in [0.25, 0.3) is 0 Å². The second-order valence-corrected chi connectivity index (χ2v) is 5.21. The summed E-state index contributed by atoms with van der Waals surface area (Å²) in [7, 11) is 0. The minimum absolute atomic E-state index is 0.143. The number of carboxylic acid groups (broad SMARTS) is 1. The standard InChI is InChI=1S/C12H17N3O5/c1-7-4-8(11(18)19)2-3-15(7)12(20)14-5-9(16)13-10(17)6-14/h7-8H,2-6H2,1H3,(H,18,19)(H,13,16,17). The summed E-state index contributed by atoms with van der Waals surface area (Å²) in [6, 6.07) is -0.609. The van der Waals surface area contributed by atoms with Gasteiger partial charge in [0.15, 0.2) is 0 Å². The Morgan fingerprint density at radius 2 is 1.85 bits per heavy atom. The van der Waals surface area contributed by atoms with Gasteiger partial charge in [0.05, 0.1) is 5.92 Å². The van der Waals surface area contributed by atoms with Crippen molar-refractivity contribution in [3.63, 3.8) is 0 Å². The van der Waals surface area contributed by atoms with E-state index in [1.807, 2.05) is 0 Å². The van der Waals surface area contributed by atoms with Crippen molar-refractivity contribution in [3.05, 3.63) is 0 Å². The summed E-state index contributed by atoms with van der Waals surface area (Å²) in [5.41, 5.74) is 0. The van der Waals surface area contributed by atoms with Gasteiger partial charge in [-0.05, 0) is 19.8 Å². The van der Waals surface area contributed by atoms with Crippen molar-refractivity contribution in [2.24, 2.45) is 5.92 Å². The number of likely N-dealkylation sites (tertiary alicyclic amines) is 1. The molecule has 0 aromatic carbocycles. The van der Waals surface area contributed by atoms with Crippen LogP contribution in [0.5, 0.6) is 0 Å². The molecule has 0 aromatic rings. The van der Waals surface area contributed by atoms with Crippen LogP contribution >= 0.6 is 0 Å². The molecule has 2 fully saturated rings. The first-order valence-electron chi connectivity index (χ1n) is 6.49. The highest BCUT2D eigenvalue weighted by Gasteiger charge is 2.36. The lowest BCUT2D eigenvalue weighted by Crippen LogP contribution is -2.59. The topological polar surface area (TPSA) is 107 Å². The van der Waals surface area contributed by atoms with Gasteiger partial charge in [0.2, 0.25) is 11.8 Å². The number of hydrogen-bond donors (Lipinski definition) is 2. The maximum atomic E-state index is 12.3. The number of aliphatic carboxylic acids is 1. The Bertz CT molecular complexity index is 448. The van der Waals surface area contributed by atoms with E-state index in [1.165, 1.54) is 9.80 Å². The highest BCUT2D eigenvalue weighted by molar-refractivity contribution is 6.02. The summed E-state index contributed by atoms with van der Waals surface area (Å²) in [5, 5.41) is 11.1. The molecule has 0 aliphatic carbocycles. The van der Waals surface area contributed by atoms with Crippen molar-refractivity contribution in [1.29, 1.82) is 0 Å². The maximum Gasteiger partial charge on any atom is 0.321 e. The molecule has 0 radical (unpaired) electrons. The predicted octanol–water partition coefficient (Wildman–Crippen LogP) is -0.750. The molecule has 20 heavy (non-hydrogen) atoms. The van der Waals surface area contributed by atoms with Crippen LogP contribution in [0.1, 0.15) is 19.8 Å². The fourth-order valence-electron chi connectivity index (χ4n) is 2.63. The Balaban J connectivity index is 2.01. The molecule has 0 bridgehead atoms. The number of amides is 4. The van der Waals surface area contributed by atoms with Crippen LogP contribution in [-0.2, 0) is 14.4 Å². The van der Waals surface area contributed by atoms with E-state index < -0.39 is 23.7 Å². The van der Waals surface area contributed by atoms with Gasteiger partial charge in [-0.3, -0.25) is 19.7 Å². The van der Waals surface area contributed by atoms with Gasteiger partial charge in [-0.25, -0.2) is 4.79 Å². The van der Waals surface area contributed by atoms with Gasteiger partial charge >= 0.3 is 12.0 Å². The Hall–Kier alpha value is -2.12. The fourth-order valence-corrected chi connectivity index (χ4v) is 2.63. The van der Waals surface area contributed by atoms with E-state index in [0.717, 1.165) is 0 Å². The summed E-state index contributed by atoms with van der Waals surface area (Å²) in [6.07, 6.45) is 0.772. The quantitative estimate of drug-likeness (QED) is 0.616. The molecule has 0 spiro atoms. The van der Waals surface area contributed by atoms with Gasteiger partial charge in [0, 0.05) is 12.6 Å². The van der Waals surface area contributed by atoms with Crippen molar-refractivity contribution in [1.82, 2.24) is 15.1 Å². The second kappa shape index (κ2) is 5.48. The van der Waals surface area contributed by atoms with Crippen LogP contribution in [0.15, 0.2) is 0 Å². The van der Waals surface area contributed by atoms with Gasteiger partial charge in [-0.1, -0.05) is 0 Å². The third kappa shape index (κ3) is 2.89. The molecule has 4 amide bonds. The number of nitrogens with zero attached hydrogens (tertiary/aromatic N) is 2. The van der Waals surface area contributed by atoms with Gasteiger partial charge in [-0.15, -0.1) is 0 Å². The Morgan fingerprint density at radius 1 is 1.25 bits per heavy atom. The van der Waals surface area contributed by atoms with Crippen LogP contribution in [0, 0.1) is 5.92 Å². The lowest BCUT2D eigenvalue weighted by atomic mass is 9.92. The first kappa shape index (κ1) is 14.3. The average molecular weight is 283 g/mol. The molecular formula is C12H17N3O5. The average Bonchev–Trinajstić information content (AvgIpc) is 2.36. The molecule has 8 heteroatoms. The zero-order chi connectivity index (χ0) is 14.9. The van der Waals surface area contributed by atoms with Gasteiger partial charge in [0.25, 0.3) is 0 Å². The number of nitrogens with one attached hydrogen (secondary N) is 1. The molecule has 2 aliphatic heterocycles. The van der Waals surface area contributed by atoms with E-state index in [2.05, 4.69) is 5.32 Å². The minimum atomic E-state index is -0.850. The number of rotatable bonds is 1. The molecule has 2 atom stereocenters. The number of carbonyl (C=O) groups excluding carboxylic acids is 3. The van der Waals surface area contributed by atoms with Crippen molar-refractivity contribution < 1.29 is 24.3 Å². The molecule has 0 aromatic heterocycles. The number of carbonyl (C=O) groups is 4. The number of carboxylic acids is 1. The van der Waals surface area contributed by atoms with Gasteiger partial charge < -0.3 is 14.9 Å². The number of imide groups is 1. The minimum Gasteiger partial charge on any atom is -0.481 e. The van der Waals surface area contributed by atoms with Crippen molar-refractivity contribution >= 4 is 23.8 Å². The molecule has 0 saturated carbocycles. The molecule has 2 heterocycles. The Morgan fingerprint density at radius 3 is 2.35 bits per heavy atom. The van der Waals surface area contributed by atoms with E-state index in [-0.39, 0.29) is 25.2 Å². The number of hydrogen-bond acceptors (Lipinski definition) is 4. The maximum absolute atomic E-state index is 12.3. The van der Waals surface area contributed by atoms with E-state index in [1.54, 1.807) is 6.92 Å². The van der Waals surface area contributed by atoms with E-state index in [4.69, 9.17) is 5.11 Å². The summed E-state index contributed by atoms with van der Waals surface area (Å²) >= 11 is 0. The van der Waals surface area contributed by atoms with E-state index >= 15 is 0 Å². The summed E-state index contributed by atoms with van der Waals surface area (Å²) < 4.78 is 0. The van der Waals surface area contributed by atoms with E-state index in [0.29, 0.717) is 19.4 Å². The second-order valence-electron chi connectivity index (χ2n) is 5.21. The smallest absolute Gasteiger partial charge is 0.321 e. The Kier molecular flexibility index (Phi) is 3.91. The molecule has 2 rings (SSSR count). The zero-order valence-corrected chi connectivity index (χ0v) is 11.2. The van der Waals surface area contributed by atoms with Crippen molar-refractivity contribution in [3.8, 4) is 0 Å². The largest absolute Gasteiger partial charge is 0.481 e. The first-order chi connectivity index (χ1) is 9.38. The predicted molar refractivity (Wildman–Crippen MR) is 66.6 cm³/mol. The zero-order valence-electron chi connectivity index (χ0n) is 11.2. The number of urea groups is 1. The van der Waals surface area contributed by atoms with Crippen LogP contribution in [-0.4, -0.2) is 64.4 Å². The Labute approximate surface area is 115 Å². The third-order valence-electron chi connectivity index (χ3n) is 3.69. The molecule has 2 aliphatic rings.